The summed E-state index contributed by atoms with van der Waals surface area (Å²) >= 11 is 0. The number of rotatable bonds is 3. The van der Waals surface area contributed by atoms with Crippen LogP contribution in [0.5, 0.6) is 0 Å². The Kier molecular flexibility index (Phi) is 4.51. The van der Waals surface area contributed by atoms with Gasteiger partial charge in [-0.25, -0.2) is 0 Å². The number of nitrogens with one attached hydrogen (secondary N) is 1. The minimum absolute atomic E-state index is 0.0902. The van der Waals surface area contributed by atoms with Gasteiger partial charge in [0.15, 0.2) is 5.78 Å². The third-order valence-electron chi connectivity index (χ3n) is 4.44. The van der Waals surface area contributed by atoms with E-state index >= 15 is 0 Å². The maximum absolute atomic E-state index is 12.7. The summed E-state index contributed by atoms with van der Waals surface area (Å²) in [6.45, 7) is 7.66. The van der Waals surface area contributed by atoms with Crippen LogP contribution in [0.3, 0.4) is 0 Å². The van der Waals surface area contributed by atoms with Crippen LogP contribution in [0.2, 0.25) is 0 Å². The van der Waals surface area contributed by atoms with Crippen LogP contribution in [0.15, 0.2) is 48.1 Å². The van der Waals surface area contributed by atoms with Crippen LogP contribution in [0.25, 0.3) is 0 Å². The fourth-order valence-electron chi connectivity index (χ4n) is 3.50. The number of hydrogen-bond donors (Lipinski definition) is 1. The van der Waals surface area contributed by atoms with Gasteiger partial charge in [0.1, 0.15) is 5.92 Å². The molecular formula is C19H22N2O3. The molecular weight excluding hydrogens is 304 g/mol. The third kappa shape index (κ3) is 2.98. The second-order valence-electron chi connectivity index (χ2n) is 6.55. The monoisotopic (exact) mass is 326 g/mol. The number of pyridine rings is 1. The maximum Gasteiger partial charge on any atom is 0.316 e. The second kappa shape index (κ2) is 6.59. The number of carbonyl (C=O) groups excluding carboxylic acids is 2. The SMILES string of the molecule is C=C1NC2=C(C(=O)CCC2)C(c2cccnc2)C1C(=O)OC(C)C. The number of allylic oxidation sites excluding steroid dienone is 2. The minimum Gasteiger partial charge on any atom is -0.462 e. The maximum atomic E-state index is 12.7. The molecule has 1 aromatic rings. The molecule has 1 aromatic heterocycles. The fourth-order valence-corrected chi connectivity index (χ4v) is 3.50. The van der Waals surface area contributed by atoms with Gasteiger partial charge in [0.05, 0.1) is 6.10 Å². The van der Waals surface area contributed by atoms with E-state index in [-0.39, 0.29) is 23.8 Å². The molecule has 2 unspecified atom stereocenters. The predicted octanol–water partition coefficient (Wildman–Crippen LogP) is 2.86. The van der Waals surface area contributed by atoms with Crippen LogP contribution in [0, 0.1) is 5.92 Å². The van der Waals surface area contributed by atoms with Crippen molar-refractivity contribution < 1.29 is 14.3 Å². The van der Waals surface area contributed by atoms with Gasteiger partial charge in [0, 0.05) is 41.7 Å². The summed E-state index contributed by atoms with van der Waals surface area (Å²) < 4.78 is 5.43. The third-order valence-corrected chi connectivity index (χ3v) is 4.44. The number of ether oxygens (including phenoxy) is 1. The van der Waals surface area contributed by atoms with Crippen molar-refractivity contribution in [1.82, 2.24) is 10.3 Å². The van der Waals surface area contributed by atoms with Crippen molar-refractivity contribution in [3.8, 4) is 0 Å². The zero-order chi connectivity index (χ0) is 17.3. The predicted molar refractivity (Wildman–Crippen MR) is 89.9 cm³/mol. The molecule has 0 bridgehead atoms. The van der Waals surface area contributed by atoms with Gasteiger partial charge in [0.25, 0.3) is 0 Å². The van der Waals surface area contributed by atoms with Crippen molar-refractivity contribution in [2.24, 2.45) is 5.92 Å². The average Bonchev–Trinajstić information content (AvgIpc) is 2.53. The highest BCUT2D eigenvalue weighted by molar-refractivity contribution is 6.00. The first kappa shape index (κ1) is 16.4. The Hall–Kier alpha value is -2.43. The van der Waals surface area contributed by atoms with Gasteiger partial charge in [-0.3, -0.25) is 14.6 Å². The van der Waals surface area contributed by atoms with Crippen LogP contribution in [0.4, 0.5) is 0 Å². The molecule has 126 valence electrons. The Morgan fingerprint density at radius 3 is 2.88 bits per heavy atom. The van der Waals surface area contributed by atoms with Crippen molar-refractivity contribution in [2.45, 2.75) is 45.1 Å². The Balaban J connectivity index is 2.10. The molecule has 0 saturated carbocycles. The molecule has 1 aliphatic carbocycles. The molecule has 0 fully saturated rings. The topological polar surface area (TPSA) is 68.3 Å². The zero-order valence-corrected chi connectivity index (χ0v) is 14.0. The summed E-state index contributed by atoms with van der Waals surface area (Å²) in [5.74, 6) is -1.28. The second-order valence-corrected chi connectivity index (χ2v) is 6.55. The van der Waals surface area contributed by atoms with Gasteiger partial charge >= 0.3 is 5.97 Å². The number of carbonyl (C=O) groups is 2. The molecule has 0 aromatic carbocycles. The number of Topliss-reactive ketones (excluding diaryl/α,β-unsaturated/α-hetero) is 1. The van der Waals surface area contributed by atoms with E-state index in [4.69, 9.17) is 4.74 Å². The lowest BCUT2D eigenvalue weighted by Crippen LogP contribution is -2.41. The molecule has 0 radical (unpaired) electrons. The smallest absolute Gasteiger partial charge is 0.316 e. The van der Waals surface area contributed by atoms with Crippen LogP contribution >= 0.6 is 0 Å². The van der Waals surface area contributed by atoms with Crippen LogP contribution in [-0.4, -0.2) is 22.8 Å². The number of aromatic nitrogens is 1. The summed E-state index contributed by atoms with van der Waals surface area (Å²) in [7, 11) is 0. The van der Waals surface area contributed by atoms with E-state index in [9.17, 15) is 9.59 Å². The highest BCUT2D eigenvalue weighted by Gasteiger charge is 2.44. The highest BCUT2D eigenvalue weighted by atomic mass is 16.5. The summed E-state index contributed by atoms with van der Waals surface area (Å²) in [6, 6.07) is 3.72. The van der Waals surface area contributed by atoms with E-state index in [1.54, 1.807) is 12.4 Å². The van der Waals surface area contributed by atoms with E-state index < -0.39 is 5.92 Å². The van der Waals surface area contributed by atoms with E-state index in [1.807, 2.05) is 26.0 Å². The molecule has 2 aliphatic rings. The first-order valence-electron chi connectivity index (χ1n) is 8.31. The first-order valence-corrected chi connectivity index (χ1v) is 8.31. The Morgan fingerprint density at radius 1 is 1.42 bits per heavy atom. The van der Waals surface area contributed by atoms with Crippen molar-refractivity contribution in [3.05, 3.63) is 53.6 Å². The fraction of sp³-hybridized carbons (Fsp3) is 0.421. The summed E-state index contributed by atoms with van der Waals surface area (Å²) in [5.41, 5.74) is 3.00. The molecule has 2 atom stereocenters. The lowest BCUT2D eigenvalue weighted by molar-refractivity contribution is -0.151. The Bertz CT molecular complexity index is 707. The van der Waals surface area contributed by atoms with Gasteiger partial charge in [-0.1, -0.05) is 12.6 Å². The van der Waals surface area contributed by atoms with Crippen LogP contribution in [-0.2, 0) is 14.3 Å². The summed E-state index contributed by atoms with van der Waals surface area (Å²) in [5, 5.41) is 3.20. The van der Waals surface area contributed by atoms with Crippen LogP contribution < -0.4 is 5.32 Å². The van der Waals surface area contributed by atoms with Crippen molar-refractivity contribution in [3.63, 3.8) is 0 Å². The zero-order valence-electron chi connectivity index (χ0n) is 14.0. The lowest BCUT2D eigenvalue weighted by Gasteiger charge is -2.38. The normalized spacial score (nSPS) is 23.8. The number of nitrogens with zero attached hydrogens (tertiary/aromatic N) is 1. The molecule has 3 rings (SSSR count). The van der Waals surface area contributed by atoms with Gasteiger partial charge < -0.3 is 10.1 Å². The molecule has 0 saturated heterocycles. The molecule has 24 heavy (non-hydrogen) atoms. The van der Waals surface area contributed by atoms with Crippen molar-refractivity contribution in [1.29, 1.82) is 0 Å². The Labute approximate surface area is 141 Å². The molecule has 5 nitrogen and oxygen atoms in total. The van der Waals surface area contributed by atoms with Crippen molar-refractivity contribution >= 4 is 11.8 Å². The highest BCUT2D eigenvalue weighted by Crippen LogP contribution is 2.44. The standard InChI is InChI=1S/C19H22N2O3/c1-11(2)24-19(23)16-12(3)21-14-7-4-8-15(22)18(14)17(16)13-6-5-9-20-10-13/h5-6,9-11,16-17,21H,3-4,7-8H2,1-2H3. The first-order chi connectivity index (χ1) is 11.5. The van der Waals surface area contributed by atoms with E-state index in [0.29, 0.717) is 17.7 Å². The molecule has 0 spiro atoms. The molecule has 1 aliphatic heterocycles. The Morgan fingerprint density at radius 2 is 2.21 bits per heavy atom. The van der Waals surface area contributed by atoms with E-state index in [2.05, 4.69) is 16.9 Å². The average molecular weight is 326 g/mol. The minimum atomic E-state index is -0.627. The summed E-state index contributed by atoms with van der Waals surface area (Å²) in [6.07, 6.45) is 5.29. The molecule has 2 heterocycles. The molecule has 1 N–H and O–H groups in total. The van der Waals surface area contributed by atoms with Gasteiger partial charge in [-0.15, -0.1) is 0 Å². The molecule has 0 amide bonds. The van der Waals surface area contributed by atoms with Crippen LogP contribution in [0.1, 0.15) is 44.6 Å². The number of ketones is 1. The van der Waals surface area contributed by atoms with Crippen molar-refractivity contribution in [2.75, 3.05) is 0 Å². The largest absolute Gasteiger partial charge is 0.462 e. The van der Waals surface area contributed by atoms with Gasteiger partial charge in [-0.2, -0.15) is 0 Å². The van der Waals surface area contributed by atoms with E-state index in [1.165, 1.54) is 0 Å². The quantitative estimate of drug-likeness (QED) is 0.865. The van der Waals surface area contributed by atoms with Gasteiger partial charge in [0.2, 0.25) is 0 Å². The number of esters is 1. The lowest BCUT2D eigenvalue weighted by atomic mass is 9.72. The summed E-state index contributed by atoms with van der Waals surface area (Å²) in [4.78, 5) is 29.5. The number of hydrogen-bond acceptors (Lipinski definition) is 5. The van der Waals surface area contributed by atoms with E-state index in [0.717, 1.165) is 24.1 Å². The molecule has 5 heteroatoms. The van der Waals surface area contributed by atoms with Gasteiger partial charge in [-0.05, 0) is 38.3 Å².